The molecule has 8 rings (SSSR count). The largest absolute Gasteiger partial charge is 0.483 e. The SMILES string of the molecule is Cc1nc2ccccc2c2c1O[C@@]1(C[C@H]3C(=O)N[C@]4(C(=O)NS(=O)(=O)C5(C)CC5)CC4/C=C\CCCCC[C@H](NC(=O)OC4CCCC4)C(=O)N3C1)CC2(F)F. The Kier molecular flexibility index (Phi) is 9.59. The number of amides is 4. The van der Waals surface area contributed by atoms with Gasteiger partial charge in [-0.3, -0.25) is 19.1 Å². The number of carbonyl (C=O) groups excluding carboxylic acids is 4. The lowest BCUT2D eigenvalue weighted by molar-refractivity contribution is -0.141. The molecule has 3 N–H and O–H groups in total. The van der Waals surface area contributed by atoms with Crippen LogP contribution in [0.2, 0.25) is 0 Å². The number of aryl methyl sites for hydroxylation is 1. The van der Waals surface area contributed by atoms with Gasteiger partial charge in [0.1, 0.15) is 29.3 Å². The topological polar surface area (TPSA) is 173 Å². The first-order chi connectivity index (χ1) is 26.6. The smallest absolute Gasteiger partial charge is 0.408 e. The third kappa shape index (κ3) is 6.99. The number of aromatic nitrogens is 1. The number of allylic oxidation sites excluding steroid dienone is 1. The predicted molar refractivity (Wildman–Crippen MR) is 200 cm³/mol. The molecular formula is C40H49F2N5O8S. The molecule has 2 aromatic rings. The molecule has 3 saturated carbocycles. The predicted octanol–water partition coefficient (Wildman–Crippen LogP) is 5.19. The summed E-state index contributed by atoms with van der Waals surface area (Å²) in [6.07, 6.45) is 8.40. The number of benzene rings is 1. The molecule has 5 atom stereocenters. The van der Waals surface area contributed by atoms with Crippen molar-refractivity contribution in [2.75, 3.05) is 6.54 Å². The standard InChI is InChI=1S/C40H49F2N5O8S/c1-24-32-31(27-15-10-11-16-28(27)43-24)40(41,42)22-38(55-32)21-30-33(48)45-39(35(50)46-56(52,53)37(2)18-19-37)20-25(39)12-6-4-3-5-7-17-29(34(49)47(30)23-38)44-36(51)54-26-13-8-9-14-26/h6,10-12,15-16,25-26,29-30H,3-5,7-9,13-14,17-23H2,1-2H3,(H,44,51)(H,45,48)(H,46,50)/b12-6-/t25?,29-,30-,38-,39+/m0/s1. The third-order valence-electron chi connectivity index (χ3n) is 12.7. The van der Waals surface area contributed by atoms with Gasteiger partial charge in [0.2, 0.25) is 21.8 Å². The number of halogens is 2. The molecule has 1 spiro atoms. The van der Waals surface area contributed by atoms with Crippen molar-refractivity contribution in [3.05, 3.63) is 47.7 Å². The van der Waals surface area contributed by atoms with Crippen molar-refractivity contribution in [3.8, 4) is 5.75 Å². The average molecular weight is 798 g/mol. The van der Waals surface area contributed by atoms with Crippen LogP contribution in [-0.4, -0.2) is 82.7 Å². The minimum atomic E-state index is -4.07. The average Bonchev–Trinajstić information content (AvgIpc) is 3.93. The van der Waals surface area contributed by atoms with Crippen LogP contribution in [0.25, 0.3) is 10.9 Å². The lowest BCUT2D eigenvalue weighted by atomic mass is 9.84. The Morgan fingerprint density at radius 2 is 1.77 bits per heavy atom. The Morgan fingerprint density at radius 3 is 2.52 bits per heavy atom. The third-order valence-corrected chi connectivity index (χ3v) is 14.9. The fourth-order valence-corrected chi connectivity index (χ4v) is 10.4. The molecule has 16 heteroatoms. The van der Waals surface area contributed by atoms with Crippen LogP contribution >= 0.6 is 0 Å². The summed E-state index contributed by atoms with van der Waals surface area (Å²) in [7, 11) is -4.07. The lowest BCUT2D eigenvalue weighted by Crippen LogP contribution is -2.58. The second-order valence-corrected chi connectivity index (χ2v) is 19.2. The summed E-state index contributed by atoms with van der Waals surface area (Å²) in [6, 6.07) is 3.99. The van der Waals surface area contributed by atoms with Crippen molar-refractivity contribution in [3.63, 3.8) is 0 Å². The molecule has 4 heterocycles. The van der Waals surface area contributed by atoms with Crippen molar-refractivity contribution >= 4 is 44.7 Å². The van der Waals surface area contributed by atoms with Gasteiger partial charge in [-0.15, -0.1) is 0 Å². The Bertz CT molecular complexity index is 2100. The Labute approximate surface area is 324 Å². The van der Waals surface area contributed by atoms with Gasteiger partial charge < -0.3 is 25.0 Å². The number of fused-ring (bicyclic) bond motifs is 5. The molecule has 4 fully saturated rings. The number of hydrogen-bond acceptors (Lipinski definition) is 9. The van der Waals surface area contributed by atoms with E-state index in [0.29, 0.717) is 50.5 Å². The number of nitrogens with zero attached hydrogens (tertiary/aromatic N) is 2. The maximum atomic E-state index is 16.6. The van der Waals surface area contributed by atoms with Gasteiger partial charge in [-0.1, -0.05) is 43.2 Å². The van der Waals surface area contributed by atoms with E-state index in [1.807, 2.05) is 6.08 Å². The van der Waals surface area contributed by atoms with Gasteiger partial charge in [0.05, 0.1) is 34.5 Å². The molecule has 1 unspecified atom stereocenters. The quantitative estimate of drug-likeness (QED) is 0.345. The minimum Gasteiger partial charge on any atom is -0.483 e. The van der Waals surface area contributed by atoms with Gasteiger partial charge in [0.25, 0.3) is 11.8 Å². The summed E-state index contributed by atoms with van der Waals surface area (Å²) in [5.41, 5.74) is -3.12. The van der Waals surface area contributed by atoms with Crippen LogP contribution in [0.1, 0.15) is 108 Å². The van der Waals surface area contributed by atoms with Gasteiger partial charge in [-0.2, -0.15) is 0 Å². The molecule has 1 saturated heterocycles. The van der Waals surface area contributed by atoms with Crippen LogP contribution < -0.4 is 20.1 Å². The van der Waals surface area contributed by atoms with Gasteiger partial charge in [0, 0.05) is 17.7 Å². The highest BCUT2D eigenvalue weighted by Gasteiger charge is 2.65. The van der Waals surface area contributed by atoms with E-state index in [0.717, 1.165) is 19.3 Å². The van der Waals surface area contributed by atoms with Crippen LogP contribution in [0.15, 0.2) is 36.4 Å². The molecule has 3 aliphatic heterocycles. The van der Waals surface area contributed by atoms with Crippen molar-refractivity contribution in [1.82, 2.24) is 25.2 Å². The van der Waals surface area contributed by atoms with Crippen LogP contribution in [0.5, 0.6) is 5.75 Å². The van der Waals surface area contributed by atoms with Gasteiger partial charge >= 0.3 is 6.09 Å². The van der Waals surface area contributed by atoms with E-state index in [1.54, 1.807) is 44.2 Å². The first-order valence-corrected chi connectivity index (χ1v) is 21.3. The number of sulfonamides is 1. The molecular weight excluding hydrogens is 749 g/mol. The van der Waals surface area contributed by atoms with Gasteiger partial charge in [-0.05, 0) is 84.1 Å². The van der Waals surface area contributed by atoms with E-state index in [2.05, 4.69) is 20.3 Å². The van der Waals surface area contributed by atoms with E-state index in [-0.39, 0.29) is 47.8 Å². The first-order valence-electron chi connectivity index (χ1n) is 19.9. The highest BCUT2D eigenvalue weighted by Crippen LogP contribution is 2.54. The fourth-order valence-electron chi connectivity index (χ4n) is 9.07. The summed E-state index contributed by atoms with van der Waals surface area (Å²) < 4.78 is 72.9. The van der Waals surface area contributed by atoms with E-state index >= 15 is 8.78 Å². The Morgan fingerprint density at radius 1 is 1.04 bits per heavy atom. The number of rotatable bonds is 5. The summed E-state index contributed by atoms with van der Waals surface area (Å²) >= 11 is 0. The maximum absolute atomic E-state index is 16.6. The van der Waals surface area contributed by atoms with E-state index in [4.69, 9.17) is 9.47 Å². The number of alkyl halides is 2. The van der Waals surface area contributed by atoms with E-state index in [1.165, 1.54) is 4.90 Å². The second kappa shape index (κ2) is 13.9. The van der Waals surface area contributed by atoms with Crippen LogP contribution in [0.3, 0.4) is 0 Å². The van der Waals surface area contributed by atoms with Crippen molar-refractivity contribution in [2.45, 2.75) is 144 Å². The molecule has 3 aliphatic carbocycles. The molecule has 302 valence electrons. The zero-order valence-electron chi connectivity index (χ0n) is 31.7. The molecule has 0 radical (unpaired) electrons. The first kappa shape index (κ1) is 38.5. The molecule has 0 bridgehead atoms. The lowest BCUT2D eigenvalue weighted by Gasteiger charge is -2.40. The van der Waals surface area contributed by atoms with Crippen molar-refractivity contribution in [2.24, 2.45) is 5.92 Å². The van der Waals surface area contributed by atoms with Gasteiger partial charge in [-0.25, -0.2) is 27.0 Å². The zero-order chi connectivity index (χ0) is 39.7. The summed E-state index contributed by atoms with van der Waals surface area (Å²) in [5, 5.41) is 5.76. The highest BCUT2D eigenvalue weighted by molar-refractivity contribution is 7.91. The number of carbonyl (C=O) groups is 4. The summed E-state index contributed by atoms with van der Waals surface area (Å²) in [6.45, 7) is 2.70. The molecule has 1 aromatic heterocycles. The zero-order valence-corrected chi connectivity index (χ0v) is 32.5. The number of para-hydroxylation sites is 1. The number of nitrogens with one attached hydrogen (secondary N) is 3. The maximum Gasteiger partial charge on any atom is 0.408 e. The van der Waals surface area contributed by atoms with Crippen molar-refractivity contribution in [1.29, 1.82) is 0 Å². The monoisotopic (exact) mass is 797 g/mol. The number of pyridine rings is 1. The molecule has 4 amide bonds. The van der Waals surface area contributed by atoms with Crippen LogP contribution in [-0.2, 0) is 35.1 Å². The van der Waals surface area contributed by atoms with Crippen molar-refractivity contribution < 1.29 is 45.9 Å². The number of hydrogen-bond donors (Lipinski definition) is 3. The second-order valence-electron chi connectivity index (χ2n) is 17.0. The molecule has 1 aromatic carbocycles. The number of alkyl carbamates (subject to hydrolysis) is 1. The van der Waals surface area contributed by atoms with Gasteiger partial charge in [0.15, 0.2) is 5.75 Å². The van der Waals surface area contributed by atoms with E-state index < -0.39 is 86.6 Å². The Balaban J connectivity index is 1.15. The van der Waals surface area contributed by atoms with Crippen LogP contribution in [0.4, 0.5) is 13.6 Å². The molecule has 6 aliphatic rings. The Hall–Kier alpha value is -4.34. The minimum absolute atomic E-state index is 0.107. The normalized spacial score (nSPS) is 31.8. The summed E-state index contributed by atoms with van der Waals surface area (Å²) in [4.78, 5) is 62.1. The van der Waals surface area contributed by atoms with Crippen LogP contribution in [0, 0.1) is 12.8 Å². The van der Waals surface area contributed by atoms with E-state index in [9.17, 15) is 27.6 Å². The highest BCUT2D eigenvalue weighted by atomic mass is 32.2. The number of ether oxygens (including phenoxy) is 2. The molecule has 56 heavy (non-hydrogen) atoms. The fraction of sp³-hybridized carbons (Fsp3) is 0.625. The summed E-state index contributed by atoms with van der Waals surface area (Å²) in [5.74, 6) is -6.49. The molecule has 13 nitrogen and oxygen atoms in total.